The third kappa shape index (κ3) is 2.75. The topological polar surface area (TPSA) is 73.3 Å². The smallest absolute Gasteiger partial charge is 0.255 e. The summed E-state index contributed by atoms with van der Waals surface area (Å²) in [5, 5.41) is 11.6. The molecule has 0 unspecified atom stereocenters. The summed E-state index contributed by atoms with van der Waals surface area (Å²) in [6.45, 7) is 1.07. The van der Waals surface area contributed by atoms with Gasteiger partial charge in [0.1, 0.15) is 17.7 Å². The van der Waals surface area contributed by atoms with E-state index >= 15 is 0 Å². The van der Waals surface area contributed by atoms with E-state index in [1.165, 1.54) is 11.3 Å². The van der Waals surface area contributed by atoms with Crippen LogP contribution >= 0.6 is 11.3 Å². The van der Waals surface area contributed by atoms with Crippen molar-refractivity contribution in [3.8, 4) is 0 Å². The van der Waals surface area contributed by atoms with E-state index < -0.39 is 0 Å². The Labute approximate surface area is 97.0 Å². The molecule has 1 aliphatic rings. The molecule has 1 aliphatic heterocycles. The summed E-state index contributed by atoms with van der Waals surface area (Å²) in [6, 6.07) is 0. The predicted octanol–water partition coefficient (Wildman–Crippen LogP) is 0.802. The number of hydrogen-bond donors (Lipinski definition) is 1. The van der Waals surface area contributed by atoms with Crippen LogP contribution in [0, 0.1) is 0 Å². The zero-order valence-electron chi connectivity index (χ0n) is 8.93. The molecule has 1 amide bonds. The molecular formula is C9H13N3O3S. The number of ether oxygens (including phenoxy) is 2. The van der Waals surface area contributed by atoms with Crippen LogP contribution in [0.2, 0.25) is 0 Å². The minimum atomic E-state index is -0.338. The van der Waals surface area contributed by atoms with Crippen LogP contribution in [-0.4, -0.2) is 35.9 Å². The zero-order valence-corrected chi connectivity index (χ0v) is 9.75. The molecule has 16 heavy (non-hydrogen) atoms. The van der Waals surface area contributed by atoms with Gasteiger partial charge >= 0.3 is 0 Å². The van der Waals surface area contributed by atoms with E-state index in [0.29, 0.717) is 18.3 Å². The van der Waals surface area contributed by atoms with Crippen LogP contribution < -0.4 is 5.32 Å². The van der Waals surface area contributed by atoms with Crippen molar-refractivity contribution < 1.29 is 14.3 Å². The number of nitrogens with zero attached hydrogens (tertiary/aromatic N) is 2. The fraction of sp³-hybridized carbons (Fsp3) is 0.667. The minimum Gasteiger partial charge on any atom is -0.377 e. The third-order valence-electron chi connectivity index (χ3n) is 2.19. The van der Waals surface area contributed by atoms with Gasteiger partial charge in [0, 0.05) is 13.7 Å². The predicted molar refractivity (Wildman–Crippen MR) is 58.2 cm³/mol. The summed E-state index contributed by atoms with van der Waals surface area (Å²) in [4.78, 5) is 11.7. The molecule has 0 aliphatic carbocycles. The summed E-state index contributed by atoms with van der Waals surface area (Å²) in [5.74, 6) is -0.141. The van der Waals surface area contributed by atoms with E-state index in [-0.39, 0.29) is 12.0 Å². The number of rotatable bonds is 4. The van der Waals surface area contributed by atoms with Gasteiger partial charge in [0.15, 0.2) is 0 Å². The van der Waals surface area contributed by atoms with Crippen LogP contribution in [0.3, 0.4) is 0 Å². The molecule has 2 rings (SSSR count). The Morgan fingerprint density at radius 1 is 1.69 bits per heavy atom. The van der Waals surface area contributed by atoms with Gasteiger partial charge in [0.25, 0.3) is 5.91 Å². The second-order valence-corrected chi connectivity index (χ2v) is 4.49. The van der Waals surface area contributed by atoms with E-state index in [4.69, 9.17) is 9.47 Å². The van der Waals surface area contributed by atoms with Gasteiger partial charge in [-0.15, -0.1) is 10.2 Å². The first-order valence-corrected chi connectivity index (χ1v) is 5.85. The maximum atomic E-state index is 11.7. The minimum absolute atomic E-state index is 0.141. The number of amides is 1. The van der Waals surface area contributed by atoms with Crippen LogP contribution in [0.1, 0.15) is 17.8 Å². The molecule has 0 aromatic carbocycles. The van der Waals surface area contributed by atoms with Crippen LogP contribution in [0.4, 0.5) is 5.13 Å². The van der Waals surface area contributed by atoms with Crippen LogP contribution in [0.5, 0.6) is 0 Å². The standard InChI is InChI=1S/C9H13N3O3S/c1-14-5-7-11-12-9(16-7)10-8(13)6-3-2-4-15-6/h6H,2-5H2,1H3,(H,10,12,13)/t6-/m0/s1. The molecule has 2 heterocycles. The summed E-state index contributed by atoms with van der Waals surface area (Å²) >= 11 is 1.31. The number of carbonyl (C=O) groups is 1. The lowest BCUT2D eigenvalue weighted by atomic mass is 10.2. The van der Waals surface area contributed by atoms with Crippen LogP contribution in [0.25, 0.3) is 0 Å². The second kappa shape index (κ2) is 5.33. The number of methoxy groups -OCH3 is 1. The average Bonchev–Trinajstić information content (AvgIpc) is 2.89. The van der Waals surface area contributed by atoms with Crippen LogP contribution in [0.15, 0.2) is 0 Å². The molecule has 6 nitrogen and oxygen atoms in total. The first-order valence-electron chi connectivity index (χ1n) is 5.03. The highest BCUT2D eigenvalue weighted by atomic mass is 32.1. The highest BCUT2D eigenvalue weighted by Gasteiger charge is 2.24. The largest absolute Gasteiger partial charge is 0.377 e. The normalized spacial score (nSPS) is 19.9. The molecule has 1 aromatic heterocycles. The van der Waals surface area contributed by atoms with Gasteiger partial charge in [-0.25, -0.2) is 0 Å². The molecule has 1 aromatic rings. The second-order valence-electron chi connectivity index (χ2n) is 3.42. The summed E-state index contributed by atoms with van der Waals surface area (Å²) < 4.78 is 10.2. The van der Waals surface area contributed by atoms with Crippen molar-refractivity contribution in [3.05, 3.63) is 5.01 Å². The van der Waals surface area contributed by atoms with Crippen molar-refractivity contribution in [2.24, 2.45) is 0 Å². The van der Waals surface area contributed by atoms with E-state index in [0.717, 1.165) is 17.8 Å². The highest BCUT2D eigenvalue weighted by Crippen LogP contribution is 2.18. The van der Waals surface area contributed by atoms with Crippen LogP contribution in [-0.2, 0) is 20.9 Å². The number of nitrogens with one attached hydrogen (secondary N) is 1. The van der Waals surface area contributed by atoms with Gasteiger partial charge in [0.2, 0.25) is 5.13 Å². The summed E-state index contributed by atoms with van der Waals surface area (Å²) in [5.41, 5.74) is 0. The van der Waals surface area contributed by atoms with Crippen molar-refractivity contribution in [1.82, 2.24) is 10.2 Å². The molecule has 0 bridgehead atoms. The van der Waals surface area contributed by atoms with Gasteiger partial charge in [-0.05, 0) is 12.8 Å². The number of carbonyl (C=O) groups excluding carboxylic acids is 1. The van der Waals surface area contributed by atoms with Gasteiger partial charge in [-0.2, -0.15) is 0 Å². The fourth-order valence-corrected chi connectivity index (χ4v) is 2.17. The first kappa shape index (κ1) is 11.4. The molecule has 1 saturated heterocycles. The Morgan fingerprint density at radius 3 is 3.25 bits per heavy atom. The van der Waals surface area contributed by atoms with E-state index in [9.17, 15) is 4.79 Å². The van der Waals surface area contributed by atoms with Gasteiger partial charge in [0.05, 0.1) is 0 Å². The zero-order chi connectivity index (χ0) is 11.4. The average molecular weight is 243 g/mol. The van der Waals surface area contributed by atoms with Crippen molar-refractivity contribution in [1.29, 1.82) is 0 Å². The molecular weight excluding hydrogens is 230 g/mol. The maximum absolute atomic E-state index is 11.7. The number of anilines is 1. The molecule has 0 spiro atoms. The summed E-state index contributed by atoms with van der Waals surface area (Å²) in [7, 11) is 1.59. The van der Waals surface area contributed by atoms with Crippen molar-refractivity contribution in [3.63, 3.8) is 0 Å². The van der Waals surface area contributed by atoms with Crippen molar-refractivity contribution >= 4 is 22.4 Å². The third-order valence-corrected chi connectivity index (χ3v) is 3.00. The van der Waals surface area contributed by atoms with Gasteiger partial charge < -0.3 is 9.47 Å². The first-order chi connectivity index (χ1) is 7.79. The van der Waals surface area contributed by atoms with Gasteiger partial charge in [-0.1, -0.05) is 11.3 Å². The van der Waals surface area contributed by atoms with E-state index in [1.807, 2.05) is 0 Å². The number of hydrogen-bond acceptors (Lipinski definition) is 6. The maximum Gasteiger partial charge on any atom is 0.255 e. The molecule has 0 radical (unpaired) electrons. The lowest BCUT2D eigenvalue weighted by molar-refractivity contribution is -0.124. The van der Waals surface area contributed by atoms with E-state index in [2.05, 4.69) is 15.5 Å². The van der Waals surface area contributed by atoms with E-state index in [1.54, 1.807) is 7.11 Å². The molecule has 7 heteroatoms. The fourth-order valence-electron chi connectivity index (χ4n) is 1.46. The summed E-state index contributed by atoms with van der Waals surface area (Å²) in [6.07, 6.45) is 1.37. The van der Waals surface area contributed by atoms with Crippen molar-refractivity contribution in [2.45, 2.75) is 25.6 Å². The number of aromatic nitrogens is 2. The molecule has 0 saturated carbocycles. The molecule has 1 N–H and O–H groups in total. The molecule has 1 atom stereocenters. The quantitative estimate of drug-likeness (QED) is 0.846. The van der Waals surface area contributed by atoms with Crippen molar-refractivity contribution in [2.75, 3.05) is 19.0 Å². The molecule has 1 fully saturated rings. The Morgan fingerprint density at radius 2 is 2.56 bits per heavy atom. The highest BCUT2D eigenvalue weighted by molar-refractivity contribution is 7.15. The lowest BCUT2D eigenvalue weighted by Gasteiger charge is -2.06. The molecule has 88 valence electrons. The Balaban J connectivity index is 1.89. The Hall–Kier alpha value is -1.05. The Bertz CT molecular complexity index is 363. The lowest BCUT2D eigenvalue weighted by Crippen LogP contribution is -2.26. The van der Waals surface area contributed by atoms with Gasteiger partial charge in [-0.3, -0.25) is 10.1 Å². The monoisotopic (exact) mass is 243 g/mol. The Kier molecular flexibility index (Phi) is 3.81. The SMILES string of the molecule is COCc1nnc(NC(=O)[C@@H]2CCCO2)s1.